The van der Waals surface area contributed by atoms with E-state index in [1.165, 1.54) is 26.9 Å². The van der Waals surface area contributed by atoms with Crippen molar-refractivity contribution in [3.8, 4) is 11.1 Å². The van der Waals surface area contributed by atoms with Crippen LogP contribution in [0.4, 0.5) is 0 Å². The zero-order valence-corrected chi connectivity index (χ0v) is 17.3. The van der Waals surface area contributed by atoms with E-state index in [1.54, 1.807) is 18.1 Å². The standard InChI is InChI=1S/C22H21N3O4S/c1-23-11-18(17(8-19(23)26)13-6-7-30-12-13)20(27)24-9-14(10-24)25-21(28)15-4-2-3-5-16(15)22(25)29/h2-3,6-8,11-12,14-16H,4-5,9-10H2,1H3. The summed E-state index contributed by atoms with van der Waals surface area (Å²) >= 11 is 1.50. The Labute approximate surface area is 177 Å². The fourth-order valence-corrected chi connectivity index (χ4v) is 5.25. The van der Waals surface area contributed by atoms with Crippen LogP contribution in [0.15, 0.2) is 46.0 Å². The molecule has 5 rings (SSSR count). The van der Waals surface area contributed by atoms with Crippen molar-refractivity contribution in [2.24, 2.45) is 18.9 Å². The van der Waals surface area contributed by atoms with Gasteiger partial charge in [0.25, 0.3) is 11.5 Å². The Morgan fingerprint density at radius 2 is 1.73 bits per heavy atom. The summed E-state index contributed by atoms with van der Waals surface area (Å²) in [6.07, 6.45) is 6.74. The van der Waals surface area contributed by atoms with E-state index in [0.29, 0.717) is 37.1 Å². The molecule has 8 heteroatoms. The van der Waals surface area contributed by atoms with Crippen molar-refractivity contribution in [1.29, 1.82) is 0 Å². The molecule has 2 fully saturated rings. The maximum absolute atomic E-state index is 13.2. The zero-order chi connectivity index (χ0) is 21.0. The summed E-state index contributed by atoms with van der Waals surface area (Å²) in [5, 5.41) is 3.81. The number of nitrogens with zero attached hydrogens (tertiary/aromatic N) is 3. The Morgan fingerprint density at radius 3 is 2.33 bits per heavy atom. The Bertz CT molecular complexity index is 1100. The number of rotatable bonds is 3. The summed E-state index contributed by atoms with van der Waals surface area (Å²) in [5.74, 6) is -0.900. The molecule has 7 nitrogen and oxygen atoms in total. The molecule has 3 amide bonds. The summed E-state index contributed by atoms with van der Waals surface area (Å²) in [6, 6.07) is 3.10. The highest BCUT2D eigenvalue weighted by atomic mass is 32.1. The number of carbonyl (C=O) groups excluding carboxylic acids is 3. The largest absolute Gasteiger partial charge is 0.334 e. The third kappa shape index (κ3) is 2.86. The van der Waals surface area contributed by atoms with Gasteiger partial charge in [0, 0.05) is 38.0 Å². The molecule has 1 aliphatic carbocycles. The molecule has 2 saturated heterocycles. The molecule has 4 heterocycles. The molecule has 0 N–H and O–H groups in total. The molecule has 3 aliphatic rings. The number of pyridine rings is 1. The second-order valence-electron chi connectivity index (χ2n) is 8.13. The molecule has 0 spiro atoms. The van der Waals surface area contributed by atoms with Crippen LogP contribution in [-0.4, -0.2) is 51.2 Å². The van der Waals surface area contributed by atoms with Crippen molar-refractivity contribution in [1.82, 2.24) is 14.4 Å². The Kier molecular flexibility index (Phi) is 4.47. The van der Waals surface area contributed by atoms with E-state index in [2.05, 4.69) is 0 Å². The minimum Gasteiger partial charge on any atom is -0.334 e. The van der Waals surface area contributed by atoms with Gasteiger partial charge < -0.3 is 9.47 Å². The van der Waals surface area contributed by atoms with E-state index in [-0.39, 0.29) is 41.2 Å². The maximum atomic E-state index is 13.2. The number of fused-ring (bicyclic) bond motifs is 1. The lowest BCUT2D eigenvalue weighted by atomic mass is 9.85. The van der Waals surface area contributed by atoms with Gasteiger partial charge in [0.05, 0.1) is 23.4 Å². The summed E-state index contributed by atoms with van der Waals surface area (Å²) in [5.41, 5.74) is 1.71. The van der Waals surface area contributed by atoms with Gasteiger partial charge in [-0.3, -0.25) is 24.1 Å². The summed E-state index contributed by atoms with van der Waals surface area (Å²) in [6.45, 7) is 0.657. The first-order chi connectivity index (χ1) is 14.5. The monoisotopic (exact) mass is 423 g/mol. The number of imide groups is 1. The fourth-order valence-electron chi connectivity index (χ4n) is 4.60. The number of aromatic nitrogens is 1. The first kappa shape index (κ1) is 19.0. The smallest absolute Gasteiger partial charge is 0.256 e. The highest BCUT2D eigenvalue weighted by Crippen LogP contribution is 2.38. The highest BCUT2D eigenvalue weighted by Gasteiger charge is 2.52. The van der Waals surface area contributed by atoms with Gasteiger partial charge in [-0.05, 0) is 35.2 Å². The third-order valence-electron chi connectivity index (χ3n) is 6.35. The number of thiophene rings is 1. The quantitative estimate of drug-likeness (QED) is 0.558. The van der Waals surface area contributed by atoms with Crippen molar-refractivity contribution in [3.63, 3.8) is 0 Å². The average Bonchev–Trinajstić information content (AvgIpc) is 3.32. The van der Waals surface area contributed by atoms with Crippen LogP contribution in [0.1, 0.15) is 23.2 Å². The van der Waals surface area contributed by atoms with Crippen LogP contribution < -0.4 is 5.56 Å². The van der Waals surface area contributed by atoms with Crippen molar-refractivity contribution < 1.29 is 14.4 Å². The minimum atomic E-state index is -0.267. The number of aryl methyl sites for hydroxylation is 1. The van der Waals surface area contributed by atoms with Crippen molar-refractivity contribution in [2.45, 2.75) is 18.9 Å². The number of hydrogen-bond acceptors (Lipinski definition) is 5. The van der Waals surface area contributed by atoms with E-state index in [9.17, 15) is 19.2 Å². The first-order valence-electron chi connectivity index (χ1n) is 10.00. The van der Waals surface area contributed by atoms with Crippen LogP contribution in [0, 0.1) is 11.8 Å². The first-order valence-corrected chi connectivity index (χ1v) is 10.9. The molecule has 2 unspecified atom stereocenters. The van der Waals surface area contributed by atoms with Crippen molar-refractivity contribution in [2.75, 3.05) is 13.1 Å². The van der Waals surface area contributed by atoms with Gasteiger partial charge in [-0.25, -0.2) is 0 Å². The minimum absolute atomic E-state index is 0.104. The number of allylic oxidation sites excluding steroid dienone is 2. The van der Waals surface area contributed by atoms with E-state index in [0.717, 1.165) is 5.56 Å². The van der Waals surface area contributed by atoms with Crippen molar-refractivity contribution in [3.05, 3.63) is 57.2 Å². The highest BCUT2D eigenvalue weighted by molar-refractivity contribution is 7.08. The molecule has 2 aromatic rings. The van der Waals surface area contributed by atoms with Gasteiger partial charge in [-0.2, -0.15) is 11.3 Å². The zero-order valence-electron chi connectivity index (χ0n) is 16.5. The van der Waals surface area contributed by atoms with Crippen LogP contribution >= 0.6 is 11.3 Å². The van der Waals surface area contributed by atoms with E-state index in [4.69, 9.17) is 0 Å². The van der Waals surface area contributed by atoms with Gasteiger partial charge in [-0.1, -0.05) is 12.2 Å². The van der Waals surface area contributed by atoms with Gasteiger partial charge >= 0.3 is 0 Å². The van der Waals surface area contributed by atoms with Gasteiger partial charge in [0.2, 0.25) is 11.8 Å². The summed E-state index contributed by atoms with van der Waals surface area (Å²) < 4.78 is 1.39. The van der Waals surface area contributed by atoms with Gasteiger partial charge in [0.15, 0.2) is 0 Å². The molecule has 2 atom stereocenters. The molecule has 0 radical (unpaired) electrons. The number of hydrogen-bond donors (Lipinski definition) is 0. The Hall–Kier alpha value is -3.00. The average molecular weight is 423 g/mol. The molecule has 0 aromatic carbocycles. The lowest BCUT2D eigenvalue weighted by Gasteiger charge is -2.43. The molecule has 30 heavy (non-hydrogen) atoms. The molecule has 2 aliphatic heterocycles. The normalized spacial score (nSPS) is 23.6. The van der Waals surface area contributed by atoms with Crippen LogP contribution in [0.2, 0.25) is 0 Å². The summed E-state index contributed by atoms with van der Waals surface area (Å²) in [4.78, 5) is 53.9. The van der Waals surface area contributed by atoms with E-state index < -0.39 is 0 Å². The van der Waals surface area contributed by atoms with Gasteiger partial charge in [0.1, 0.15) is 0 Å². The van der Waals surface area contributed by atoms with Crippen LogP contribution in [-0.2, 0) is 16.6 Å². The molecular weight excluding hydrogens is 402 g/mol. The maximum Gasteiger partial charge on any atom is 0.256 e. The lowest BCUT2D eigenvalue weighted by molar-refractivity contribution is -0.145. The van der Waals surface area contributed by atoms with E-state index in [1.807, 2.05) is 29.0 Å². The molecule has 0 saturated carbocycles. The van der Waals surface area contributed by atoms with Crippen LogP contribution in [0.25, 0.3) is 11.1 Å². The van der Waals surface area contributed by atoms with Crippen LogP contribution in [0.5, 0.6) is 0 Å². The number of carbonyl (C=O) groups is 3. The molecular formula is C22H21N3O4S. The molecule has 2 aromatic heterocycles. The van der Waals surface area contributed by atoms with Gasteiger partial charge in [-0.15, -0.1) is 0 Å². The lowest BCUT2D eigenvalue weighted by Crippen LogP contribution is -2.62. The Balaban J connectivity index is 1.36. The predicted molar refractivity (Wildman–Crippen MR) is 112 cm³/mol. The molecule has 0 bridgehead atoms. The Morgan fingerprint density at radius 1 is 1.07 bits per heavy atom. The second-order valence-corrected chi connectivity index (χ2v) is 8.91. The third-order valence-corrected chi connectivity index (χ3v) is 7.03. The summed E-state index contributed by atoms with van der Waals surface area (Å²) in [7, 11) is 1.62. The second kappa shape index (κ2) is 7.05. The topological polar surface area (TPSA) is 79.7 Å². The molecule has 154 valence electrons. The van der Waals surface area contributed by atoms with E-state index >= 15 is 0 Å². The van der Waals surface area contributed by atoms with Crippen molar-refractivity contribution >= 4 is 29.1 Å². The van der Waals surface area contributed by atoms with Crippen LogP contribution in [0.3, 0.4) is 0 Å². The number of likely N-dealkylation sites (tertiary alicyclic amines) is 2. The predicted octanol–water partition coefficient (Wildman–Crippen LogP) is 1.89. The SMILES string of the molecule is Cn1cc(C(=O)N2CC(N3C(=O)C4CC=CCC4C3=O)C2)c(-c2ccsc2)cc1=O. The number of amides is 3. The fraction of sp³-hybridized carbons (Fsp3) is 0.364.